The monoisotopic (exact) mass is 719 g/mol. The van der Waals surface area contributed by atoms with Crippen molar-refractivity contribution in [1.29, 1.82) is 0 Å². The molecule has 0 amide bonds. The summed E-state index contributed by atoms with van der Waals surface area (Å²) in [5.74, 6) is 0. The molecule has 3 nitrogen and oxygen atoms in total. The van der Waals surface area contributed by atoms with Crippen LogP contribution in [0.1, 0.15) is 11.1 Å². The molecular weight excluding hydrogens is 683 g/mol. The lowest BCUT2D eigenvalue weighted by Gasteiger charge is -2.26. The molecule has 0 aliphatic heterocycles. The zero-order valence-electron chi connectivity index (χ0n) is 29.6. The van der Waals surface area contributed by atoms with Crippen molar-refractivity contribution in [2.45, 2.75) is 13.8 Å². The first-order chi connectivity index (χ1) is 26.1. The fourth-order valence-electron chi connectivity index (χ4n) is 7.02. The highest BCUT2D eigenvalue weighted by Gasteiger charge is 2.24. The molecular formula is C48H37N3S2. The molecule has 9 rings (SSSR count). The highest BCUT2D eigenvalue weighted by Crippen LogP contribution is 2.51. The molecule has 0 N–H and O–H groups in total. The van der Waals surface area contributed by atoms with Gasteiger partial charge in [0, 0.05) is 27.8 Å². The van der Waals surface area contributed by atoms with Crippen LogP contribution in [0.5, 0.6) is 0 Å². The largest absolute Gasteiger partial charge is 0.301 e. The van der Waals surface area contributed by atoms with E-state index in [1.54, 1.807) is 22.7 Å². The summed E-state index contributed by atoms with van der Waals surface area (Å²) in [5.41, 5.74) is 8.19. The molecule has 0 spiro atoms. The van der Waals surface area contributed by atoms with E-state index < -0.39 is 0 Å². The number of thiophene rings is 2. The molecule has 7 aromatic carbocycles. The number of rotatable bonds is 9. The first-order valence-electron chi connectivity index (χ1n) is 17.8. The van der Waals surface area contributed by atoms with E-state index in [2.05, 4.69) is 217 Å². The number of para-hydroxylation sites is 1. The third-order valence-corrected chi connectivity index (χ3v) is 11.8. The van der Waals surface area contributed by atoms with E-state index in [0.29, 0.717) is 0 Å². The lowest BCUT2D eigenvalue weighted by atomic mass is 10.1. The minimum atomic E-state index is 1.12. The average molecular weight is 720 g/mol. The molecule has 53 heavy (non-hydrogen) atoms. The Kier molecular flexibility index (Phi) is 8.72. The summed E-state index contributed by atoms with van der Waals surface area (Å²) < 4.78 is 0. The Labute approximate surface area is 318 Å². The van der Waals surface area contributed by atoms with Gasteiger partial charge < -0.3 is 9.80 Å². The van der Waals surface area contributed by atoms with Gasteiger partial charge in [-0.1, -0.05) is 149 Å². The minimum absolute atomic E-state index is 1.12. The third kappa shape index (κ3) is 6.35. The van der Waals surface area contributed by atoms with Gasteiger partial charge in [-0.25, -0.2) is 0 Å². The normalized spacial score (nSPS) is 11.2. The molecule has 0 unspecified atom stereocenters. The molecule has 0 atom stereocenters. The number of hydrogen-bond donors (Lipinski definition) is 0. The fourth-order valence-corrected chi connectivity index (χ4v) is 9.23. The first kappa shape index (κ1) is 32.7. The predicted octanol–water partition coefficient (Wildman–Crippen LogP) is 15.1. The smallest absolute Gasteiger partial charge is 0.103 e. The molecule has 0 radical (unpaired) electrons. The molecule has 9 aromatic rings. The van der Waals surface area contributed by atoms with Crippen LogP contribution in [0.3, 0.4) is 0 Å². The zero-order valence-corrected chi connectivity index (χ0v) is 31.2. The maximum Gasteiger partial charge on any atom is 0.103 e. The van der Waals surface area contributed by atoms with Crippen molar-refractivity contribution in [2.75, 3.05) is 14.7 Å². The summed E-state index contributed by atoms with van der Waals surface area (Å²) >= 11 is 3.60. The molecule has 0 bridgehead atoms. The van der Waals surface area contributed by atoms with Crippen LogP contribution >= 0.6 is 22.7 Å². The first-order valence-corrected chi connectivity index (χ1v) is 19.5. The van der Waals surface area contributed by atoms with Gasteiger partial charge in [0.25, 0.3) is 0 Å². The van der Waals surface area contributed by atoms with Crippen LogP contribution in [0.4, 0.5) is 48.4 Å². The van der Waals surface area contributed by atoms with Crippen molar-refractivity contribution in [3.05, 3.63) is 199 Å². The van der Waals surface area contributed by atoms with Crippen LogP contribution in [0.25, 0.3) is 21.5 Å². The molecule has 2 heterocycles. The molecule has 0 saturated carbocycles. The lowest BCUT2D eigenvalue weighted by Crippen LogP contribution is -2.09. The summed E-state index contributed by atoms with van der Waals surface area (Å²) in [6, 6.07) is 67.9. The number of fused-ring (bicyclic) bond motifs is 2. The minimum Gasteiger partial charge on any atom is -0.301 e. The summed E-state index contributed by atoms with van der Waals surface area (Å²) in [5, 5.41) is 9.47. The third-order valence-electron chi connectivity index (χ3n) is 9.65. The van der Waals surface area contributed by atoms with Gasteiger partial charge in [0.05, 0.1) is 11.4 Å². The molecule has 2 aromatic heterocycles. The van der Waals surface area contributed by atoms with Crippen molar-refractivity contribution in [3.63, 3.8) is 0 Å². The summed E-state index contributed by atoms with van der Waals surface area (Å²) in [7, 11) is 0. The maximum absolute atomic E-state index is 2.40. The fraction of sp³-hybridized carbons (Fsp3) is 0.0417. The van der Waals surface area contributed by atoms with Gasteiger partial charge in [-0.15, -0.1) is 0 Å². The van der Waals surface area contributed by atoms with Gasteiger partial charge in [0.1, 0.15) is 20.0 Å². The molecule has 0 saturated heterocycles. The SMILES string of the molecule is Cc1ccc(N(c2ccc(N(c3ccccc3)c3ccc(N(c4ccc(C)cc4)c4cccc5ccccc45)s3)s2)c2cccc3ccccc23)cc1. The van der Waals surface area contributed by atoms with E-state index in [1.807, 2.05) is 0 Å². The van der Waals surface area contributed by atoms with E-state index in [4.69, 9.17) is 0 Å². The highest BCUT2D eigenvalue weighted by atomic mass is 32.1. The Balaban J connectivity index is 1.18. The van der Waals surface area contributed by atoms with Crippen LogP contribution in [0.2, 0.25) is 0 Å². The van der Waals surface area contributed by atoms with Crippen LogP contribution in [0, 0.1) is 13.8 Å². The van der Waals surface area contributed by atoms with E-state index in [0.717, 1.165) is 48.4 Å². The van der Waals surface area contributed by atoms with Crippen LogP contribution in [0.15, 0.2) is 188 Å². The molecule has 0 aliphatic rings. The standard InChI is InChI=1S/C48H37N3S2/c1-34-22-26-39(27-23-34)49(43-20-10-14-36-12-6-8-18-41(36)43)45-30-32-47(52-45)51(38-16-4-3-5-17-38)48-33-31-46(53-48)50(40-28-24-35(2)25-29-40)44-21-11-15-37-13-7-9-19-42(37)44/h3-33H,1-2H3. The second-order valence-corrected chi connectivity index (χ2v) is 15.3. The van der Waals surface area contributed by atoms with Gasteiger partial charge in [-0.2, -0.15) is 0 Å². The van der Waals surface area contributed by atoms with Gasteiger partial charge in [-0.05, 0) is 97.4 Å². The summed E-state index contributed by atoms with van der Waals surface area (Å²) in [6.45, 7) is 4.28. The lowest BCUT2D eigenvalue weighted by molar-refractivity contribution is 1.32. The number of benzene rings is 7. The van der Waals surface area contributed by atoms with E-state index in [1.165, 1.54) is 32.7 Å². The number of anilines is 9. The van der Waals surface area contributed by atoms with Crippen LogP contribution in [-0.4, -0.2) is 0 Å². The van der Waals surface area contributed by atoms with Crippen molar-refractivity contribution in [2.24, 2.45) is 0 Å². The Morgan fingerprint density at radius 1 is 0.302 bits per heavy atom. The Bertz CT molecular complexity index is 2480. The van der Waals surface area contributed by atoms with Crippen molar-refractivity contribution in [1.82, 2.24) is 0 Å². The van der Waals surface area contributed by atoms with Gasteiger partial charge >= 0.3 is 0 Å². The molecule has 0 fully saturated rings. The van der Waals surface area contributed by atoms with Gasteiger partial charge in [-0.3, -0.25) is 4.90 Å². The van der Waals surface area contributed by atoms with Gasteiger partial charge in [0.15, 0.2) is 0 Å². The quantitative estimate of drug-likeness (QED) is 0.147. The van der Waals surface area contributed by atoms with Crippen molar-refractivity contribution < 1.29 is 0 Å². The van der Waals surface area contributed by atoms with Crippen molar-refractivity contribution >= 4 is 92.7 Å². The van der Waals surface area contributed by atoms with Crippen LogP contribution < -0.4 is 14.7 Å². The Hall–Kier alpha value is -6.14. The van der Waals surface area contributed by atoms with Gasteiger partial charge in [0.2, 0.25) is 0 Å². The van der Waals surface area contributed by atoms with E-state index in [9.17, 15) is 0 Å². The number of nitrogens with zero attached hydrogens (tertiary/aromatic N) is 3. The Morgan fingerprint density at radius 2 is 0.660 bits per heavy atom. The molecule has 5 heteroatoms. The average Bonchev–Trinajstić information content (AvgIpc) is 3.88. The zero-order chi connectivity index (χ0) is 35.7. The molecule has 256 valence electrons. The summed E-state index contributed by atoms with van der Waals surface area (Å²) in [6.07, 6.45) is 0. The second kappa shape index (κ2) is 14.1. The topological polar surface area (TPSA) is 9.72 Å². The van der Waals surface area contributed by atoms with Crippen LogP contribution in [-0.2, 0) is 0 Å². The number of aryl methyl sites for hydroxylation is 2. The second-order valence-electron chi connectivity index (χ2n) is 13.2. The highest BCUT2D eigenvalue weighted by molar-refractivity contribution is 7.22. The number of hydrogen-bond acceptors (Lipinski definition) is 5. The predicted molar refractivity (Wildman–Crippen MR) is 231 cm³/mol. The van der Waals surface area contributed by atoms with E-state index in [-0.39, 0.29) is 0 Å². The Morgan fingerprint density at radius 3 is 1.11 bits per heavy atom. The summed E-state index contributed by atoms with van der Waals surface area (Å²) in [4.78, 5) is 7.20. The van der Waals surface area contributed by atoms with Crippen molar-refractivity contribution in [3.8, 4) is 0 Å². The maximum atomic E-state index is 2.40. The van der Waals surface area contributed by atoms with E-state index >= 15 is 0 Å². The molecule has 0 aliphatic carbocycles.